The minimum Gasteiger partial charge on any atom is -0.368 e. The third kappa shape index (κ3) is 4.67. The lowest BCUT2D eigenvalue weighted by atomic mass is 9.82. The number of benzene rings is 1. The van der Waals surface area contributed by atoms with Crippen LogP contribution in [0, 0.1) is 11.8 Å². The van der Waals surface area contributed by atoms with Gasteiger partial charge in [-0.2, -0.15) is 0 Å². The summed E-state index contributed by atoms with van der Waals surface area (Å²) in [6, 6.07) is 8.50. The summed E-state index contributed by atoms with van der Waals surface area (Å²) < 4.78 is 0. The smallest absolute Gasteiger partial charge is 0.244 e. The van der Waals surface area contributed by atoms with Crippen molar-refractivity contribution in [2.24, 2.45) is 17.6 Å². The Labute approximate surface area is 178 Å². The fourth-order valence-corrected chi connectivity index (χ4v) is 4.93. The van der Waals surface area contributed by atoms with Crippen LogP contribution in [-0.2, 0) is 14.4 Å². The third-order valence-electron chi connectivity index (χ3n) is 6.79. The molecule has 3 fully saturated rings. The zero-order chi connectivity index (χ0) is 21.1. The number of nitrogens with two attached hydrogens (primary N) is 1. The topological polar surface area (TPSA) is 95.7 Å². The van der Waals surface area contributed by atoms with E-state index in [1.54, 1.807) is 0 Å². The van der Waals surface area contributed by atoms with Crippen LogP contribution in [0.25, 0.3) is 0 Å². The van der Waals surface area contributed by atoms with Crippen LogP contribution in [0.15, 0.2) is 30.3 Å². The van der Waals surface area contributed by atoms with Gasteiger partial charge in [-0.3, -0.25) is 19.3 Å². The molecule has 0 bridgehead atoms. The Morgan fingerprint density at radius 3 is 2.23 bits per heavy atom. The van der Waals surface area contributed by atoms with Crippen LogP contribution in [0.4, 0.5) is 0 Å². The largest absolute Gasteiger partial charge is 0.368 e. The molecule has 0 spiro atoms. The Balaban J connectivity index is 1.40. The first-order valence-electron chi connectivity index (χ1n) is 11.2. The number of carbonyl (C=O) groups is 3. The van der Waals surface area contributed by atoms with E-state index in [0.717, 1.165) is 64.7 Å². The Bertz CT molecular complexity index is 772. The quantitative estimate of drug-likeness (QED) is 0.739. The van der Waals surface area contributed by atoms with Gasteiger partial charge in [0.05, 0.1) is 5.92 Å². The highest BCUT2D eigenvalue weighted by molar-refractivity contribution is 5.88. The van der Waals surface area contributed by atoms with Crippen molar-refractivity contribution in [1.82, 2.24) is 15.1 Å². The summed E-state index contributed by atoms with van der Waals surface area (Å²) in [4.78, 5) is 41.9. The molecule has 1 aromatic carbocycles. The number of carbonyl (C=O) groups excluding carboxylic acids is 3. The lowest BCUT2D eigenvalue weighted by Gasteiger charge is -2.44. The summed E-state index contributed by atoms with van der Waals surface area (Å²) >= 11 is 0. The Hall–Kier alpha value is -2.41. The van der Waals surface area contributed by atoms with Crippen molar-refractivity contribution in [3.63, 3.8) is 0 Å². The lowest BCUT2D eigenvalue weighted by Crippen LogP contribution is -2.57. The maximum absolute atomic E-state index is 13.2. The summed E-state index contributed by atoms with van der Waals surface area (Å²) in [7, 11) is 0. The first kappa shape index (κ1) is 20.8. The van der Waals surface area contributed by atoms with Crippen LogP contribution >= 0.6 is 0 Å². The van der Waals surface area contributed by atoms with E-state index >= 15 is 0 Å². The second-order valence-electron chi connectivity index (χ2n) is 8.85. The van der Waals surface area contributed by atoms with Crippen LogP contribution in [0.2, 0.25) is 0 Å². The molecular formula is C23H32N4O3. The SMILES string of the molecule is NC(=O)[C@@H](NC(=O)[C@@H]1CCCC[C@H]1N1CCN(C(=O)C2CC2)CC1)c1ccccc1. The fraction of sp³-hybridized carbons (Fsp3) is 0.609. The van der Waals surface area contributed by atoms with Crippen LogP contribution in [-0.4, -0.2) is 59.7 Å². The molecule has 0 radical (unpaired) electrons. The van der Waals surface area contributed by atoms with Gasteiger partial charge in [-0.25, -0.2) is 0 Å². The van der Waals surface area contributed by atoms with Crippen molar-refractivity contribution in [2.45, 2.75) is 50.6 Å². The number of rotatable bonds is 6. The molecule has 0 aromatic heterocycles. The highest BCUT2D eigenvalue weighted by atomic mass is 16.2. The standard InChI is InChI=1S/C23H32N4O3/c24-21(28)20(16-6-2-1-3-7-16)25-22(29)18-8-4-5-9-19(18)26-12-14-27(15-13-26)23(30)17-10-11-17/h1-3,6-7,17-20H,4-5,8-15H2,(H2,24,28)(H,25,29)/t18-,19-,20+/m1/s1. The van der Waals surface area contributed by atoms with Gasteiger partial charge in [0, 0.05) is 38.1 Å². The van der Waals surface area contributed by atoms with Gasteiger partial charge in [-0.05, 0) is 31.2 Å². The van der Waals surface area contributed by atoms with Gasteiger partial charge in [0.2, 0.25) is 17.7 Å². The monoisotopic (exact) mass is 412 g/mol. The highest BCUT2D eigenvalue weighted by Gasteiger charge is 2.39. The second-order valence-corrected chi connectivity index (χ2v) is 8.85. The Morgan fingerprint density at radius 1 is 0.933 bits per heavy atom. The minimum absolute atomic E-state index is 0.0937. The van der Waals surface area contributed by atoms with E-state index in [1.165, 1.54) is 0 Å². The van der Waals surface area contributed by atoms with E-state index in [-0.39, 0.29) is 23.8 Å². The van der Waals surface area contributed by atoms with Gasteiger partial charge >= 0.3 is 0 Å². The molecule has 0 unspecified atom stereocenters. The number of piperazine rings is 1. The van der Waals surface area contributed by atoms with Crippen molar-refractivity contribution in [1.29, 1.82) is 0 Å². The molecule has 3 aliphatic rings. The average molecular weight is 413 g/mol. The normalized spacial score (nSPS) is 26.1. The molecule has 2 saturated carbocycles. The Kier molecular flexibility index (Phi) is 6.37. The van der Waals surface area contributed by atoms with Crippen molar-refractivity contribution in [3.05, 3.63) is 35.9 Å². The zero-order valence-electron chi connectivity index (χ0n) is 17.5. The van der Waals surface area contributed by atoms with E-state index < -0.39 is 11.9 Å². The summed E-state index contributed by atoms with van der Waals surface area (Å²) in [5, 5.41) is 2.92. The number of primary amides is 1. The van der Waals surface area contributed by atoms with E-state index in [1.807, 2.05) is 35.2 Å². The summed E-state index contributed by atoms with van der Waals surface area (Å²) in [5.74, 6) is -0.235. The maximum atomic E-state index is 13.2. The van der Waals surface area contributed by atoms with Crippen LogP contribution in [0.5, 0.6) is 0 Å². The number of amides is 3. The average Bonchev–Trinajstić information content (AvgIpc) is 3.63. The zero-order valence-corrected chi connectivity index (χ0v) is 17.5. The van der Waals surface area contributed by atoms with Gasteiger partial charge in [-0.15, -0.1) is 0 Å². The van der Waals surface area contributed by atoms with E-state index in [4.69, 9.17) is 5.73 Å². The van der Waals surface area contributed by atoms with E-state index in [2.05, 4.69) is 10.2 Å². The number of nitrogens with zero attached hydrogens (tertiary/aromatic N) is 2. The molecule has 4 rings (SSSR count). The number of hydrogen-bond donors (Lipinski definition) is 2. The van der Waals surface area contributed by atoms with Gasteiger partial charge in [0.1, 0.15) is 6.04 Å². The molecule has 7 nitrogen and oxygen atoms in total. The molecule has 1 saturated heterocycles. The molecule has 1 aliphatic heterocycles. The van der Waals surface area contributed by atoms with Gasteiger partial charge < -0.3 is 16.0 Å². The van der Waals surface area contributed by atoms with Crippen LogP contribution in [0.3, 0.4) is 0 Å². The second kappa shape index (κ2) is 9.16. The predicted octanol–water partition coefficient (Wildman–Crippen LogP) is 1.44. The summed E-state index contributed by atoms with van der Waals surface area (Å²) in [6.07, 6.45) is 5.98. The Morgan fingerprint density at radius 2 is 1.60 bits per heavy atom. The molecule has 30 heavy (non-hydrogen) atoms. The molecule has 3 N–H and O–H groups in total. The number of nitrogens with one attached hydrogen (secondary N) is 1. The van der Waals surface area contributed by atoms with Gasteiger partial charge in [0.25, 0.3) is 0 Å². The lowest BCUT2D eigenvalue weighted by molar-refractivity contribution is -0.137. The fourth-order valence-electron chi connectivity index (χ4n) is 4.93. The predicted molar refractivity (Wildman–Crippen MR) is 113 cm³/mol. The van der Waals surface area contributed by atoms with Crippen molar-refractivity contribution >= 4 is 17.7 Å². The highest BCUT2D eigenvalue weighted by Crippen LogP contribution is 2.33. The van der Waals surface area contributed by atoms with E-state index in [9.17, 15) is 14.4 Å². The van der Waals surface area contributed by atoms with E-state index in [0.29, 0.717) is 11.5 Å². The van der Waals surface area contributed by atoms with Gasteiger partial charge in [-0.1, -0.05) is 43.2 Å². The molecule has 1 heterocycles. The van der Waals surface area contributed by atoms with Crippen LogP contribution in [0.1, 0.15) is 50.1 Å². The van der Waals surface area contributed by atoms with Crippen molar-refractivity contribution in [3.8, 4) is 0 Å². The summed E-state index contributed by atoms with van der Waals surface area (Å²) in [5.41, 5.74) is 6.30. The maximum Gasteiger partial charge on any atom is 0.244 e. The first-order chi connectivity index (χ1) is 14.5. The molecule has 162 valence electrons. The third-order valence-corrected chi connectivity index (χ3v) is 6.79. The molecule has 2 aliphatic carbocycles. The van der Waals surface area contributed by atoms with Crippen molar-refractivity contribution in [2.75, 3.05) is 26.2 Å². The molecule has 1 aromatic rings. The molecular weight excluding hydrogens is 380 g/mol. The summed E-state index contributed by atoms with van der Waals surface area (Å²) in [6.45, 7) is 3.11. The molecule has 3 amide bonds. The van der Waals surface area contributed by atoms with Crippen LogP contribution < -0.4 is 11.1 Å². The van der Waals surface area contributed by atoms with Crippen molar-refractivity contribution < 1.29 is 14.4 Å². The first-order valence-corrected chi connectivity index (χ1v) is 11.2. The number of hydrogen-bond acceptors (Lipinski definition) is 4. The van der Waals surface area contributed by atoms with Gasteiger partial charge in [0.15, 0.2) is 0 Å². The molecule has 3 atom stereocenters. The minimum atomic E-state index is -0.811. The molecule has 7 heteroatoms.